The van der Waals surface area contributed by atoms with E-state index in [-0.39, 0.29) is 11.4 Å². The molecule has 18 heavy (non-hydrogen) atoms. The Hall–Kier alpha value is -1.36. The minimum Gasteiger partial charge on any atom is -0.350 e. The molecule has 1 N–H and O–H groups in total. The Morgan fingerprint density at radius 1 is 1.44 bits per heavy atom. The first kappa shape index (κ1) is 14.7. The van der Waals surface area contributed by atoms with Crippen molar-refractivity contribution in [2.75, 3.05) is 20.6 Å². The summed E-state index contributed by atoms with van der Waals surface area (Å²) in [6.45, 7) is 5.70. The fraction of sp³-hybridized carbons (Fsp3) is 0.692. The van der Waals surface area contributed by atoms with Crippen LogP contribution in [0.3, 0.4) is 0 Å². The molecule has 1 amide bonds. The number of carbonyl (C=O) groups is 1. The van der Waals surface area contributed by atoms with E-state index in [2.05, 4.69) is 15.3 Å². The molecule has 1 heterocycles. The van der Waals surface area contributed by atoms with Gasteiger partial charge in [-0.1, -0.05) is 0 Å². The molecule has 0 spiro atoms. The number of aromatic nitrogens is 2. The average molecular weight is 252 g/mol. The molecule has 1 rings (SSSR count). The first-order valence-corrected chi connectivity index (χ1v) is 6.32. The molecule has 0 aromatic carbocycles. The van der Waals surface area contributed by atoms with Crippen LogP contribution in [-0.2, 0) is 11.3 Å². The Kier molecular flexibility index (Phi) is 5.34. The van der Waals surface area contributed by atoms with Crippen molar-refractivity contribution in [2.45, 2.75) is 38.8 Å². The summed E-state index contributed by atoms with van der Waals surface area (Å²) in [6.07, 6.45) is 5.01. The van der Waals surface area contributed by atoms with Crippen molar-refractivity contribution in [1.82, 2.24) is 20.0 Å². The fourth-order valence-electron chi connectivity index (χ4n) is 2.10. The molecule has 0 radical (unpaired) electrons. The van der Waals surface area contributed by atoms with Gasteiger partial charge in [-0.15, -0.1) is 0 Å². The van der Waals surface area contributed by atoms with Crippen LogP contribution in [-0.4, -0.2) is 46.8 Å². The number of likely N-dealkylation sites (N-methyl/N-ethyl adjacent to an activating group) is 1. The second-order valence-corrected chi connectivity index (χ2v) is 5.54. The minimum atomic E-state index is -0.188. The lowest BCUT2D eigenvalue weighted by Gasteiger charge is -2.29. The van der Waals surface area contributed by atoms with Crippen LogP contribution in [0.25, 0.3) is 0 Å². The molecule has 0 bridgehead atoms. The number of nitrogens with zero attached hydrogens (tertiary/aromatic N) is 3. The number of hydrogen-bond acceptors (Lipinski definition) is 3. The van der Waals surface area contributed by atoms with Gasteiger partial charge in [0.05, 0.1) is 0 Å². The summed E-state index contributed by atoms with van der Waals surface area (Å²) in [5, 5.41) is 7.16. The normalized spacial score (nSPS) is 11.8. The van der Waals surface area contributed by atoms with E-state index in [1.807, 2.05) is 44.9 Å². The molecular formula is C13H24N4O. The van der Waals surface area contributed by atoms with E-state index >= 15 is 0 Å². The molecule has 0 saturated heterocycles. The molecule has 5 heteroatoms. The monoisotopic (exact) mass is 252 g/mol. The van der Waals surface area contributed by atoms with Gasteiger partial charge >= 0.3 is 0 Å². The zero-order valence-corrected chi connectivity index (χ0v) is 11.8. The van der Waals surface area contributed by atoms with E-state index in [9.17, 15) is 4.79 Å². The molecule has 102 valence electrons. The van der Waals surface area contributed by atoms with Gasteiger partial charge in [-0.05, 0) is 40.4 Å². The molecular weight excluding hydrogens is 228 g/mol. The topological polar surface area (TPSA) is 50.2 Å². The van der Waals surface area contributed by atoms with E-state index in [0.717, 1.165) is 19.5 Å². The Labute approximate surface area is 109 Å². The van der Waals surface area contributed by atoms with E-state index < -0.39 is 0 Å². The smallest absolute Gasteiger partial charge is 0.220 e. The fourth-order valence-corrected chi connectivity index (χ4v) is 2.10. The highest BCUT2D eigenvalue weighted by Gasteiger charge is 2.20. The van der Waals surface area contributed by atoms with Gasteiger partial charge in [0.2, 0.25) is 5.91 Å². The molecule has 1 aromatic rings. The van der Waals surface area contributed by atoms with Crippen LogP contribution >= 0.6 is 0 Å². The van der Waals surface area contributed by atoms with Crippen LogP contribution in [0.4, 0.5) is 0 Å². The molecule has 0 saturated carbocycles. The van der Waals surface area contributed by atoms with E-state index in [4.69, 9.17) is 0 Å². The summed E-state index contributed by atoms with van der Waals surface area (Å²) >= 11 is 0. The van der Waals surface area contributed by atoms with Crippen LogP contribution in [0.1, 0.15) is 26.7 Å². The second kappa shape index (κ2) is 6.54. The number of nitrogens with one attached hydrogen (secondary N) is 1. The van der Waals surface area contributed by atoms with E-state index in [1.54, 1.807) is 6.20 Å². The van der Waals surface area contributed by atoms with Crippen molar-refractivity contribution < 1.29 is 4.79 Å². The first-order valence-electron chi connectivity index (χ1n) is 6.32. The van der Waals surface area contributed by atoms with Gasteiger partial charge < -0.3 is 10.2 Å². The average Bonchev–Trinajstić information content (AvgIpc) is 2.66. The minimum absolute atomic E-state index is 0.106. The maximum atomic E-state index is 11.8. The van der Waals surface area contributed by atoms with Crippen molar-refractivity contribution in [1.29, 1.82) is 0 Å². The van der Waals surface area contributed by atoms with Crippen molar-refractivity contribution in [2.24, 2.45) is 0 Å². The second-order valence-electron chi connectivity index (χ2n) is 5.54. The Morgan fingerprint density at radius 3 is 2.72 bits per heavy atom. The predicted molar refractivity (Wildman–Crippen MR) is 72.2 cm³/mol. The highest BCUT2D eigenvalue weighted by Crippen LogP contribution is 2.04. The van der Waals surface area contributed by atoms with Crippen LogP contribution < -0.4 is 5.32 Å². The summed E-state index contributed by atoms with van der Waals surface area (Å²) in [5.41, 5.74) is -0.188. The van der Waals surface area contributed by atoms with Gasteiger partial charge in [-0.2, -0.15) is 5.10 Å². The molecule has 0 atom stereocenters. The van der Waals surface area contributed by atoms with Crippen LogP contribution in [0.2, 0.25) is 0 Å². The molecule has 0 aliphatic heterocycles. The van der Waals surface area contributed by atoms with Gasteiger partial charge in [0.1, 0.15) is 0 Å². The van der Waals surface area contributed by atoms with Gasteiger partial charge in [0.25, 0.3) is 0 Å². The summed E-state index contributed by atoms with van der Waals surface area (Å²) < 4.78 is 1.85. The number of hydrogen-bond donors (Lipinski definition) is 1. The molecule has 0 fully saturated rings. The van der Waals surface area contributed by atoms with Gasteiger partial charge in [-0.25, -0.2) is 0 Å². The van der Waals surface area contributed by atoms with Gasteiger partial charge in [-0.3, -0.25) is 9.48 Å². The van der Waals surface area contributed by atoms with Crippen LogP contribution in [0.15, 0.2) is 18.5 Å². The SMILES string of the molecule is CN(C)CC(C)(C)NC(=O)CCCn1cccn1. The third-order valence-electron chi connectivity index (χ3n) is 2.54. The largest absolute Gasteiger partial charge is 0.350 e. The Morgan fingerprint density at radius 2 is 2.17 bits per heavy atom. The lowest BCUT2D eigenvalue weighted by atomic mass is 10.0. The standard InChI is InChI=1S/C13H24N4O/c1-13(2,11-16(3)4)15-12(18)7-5-9-17-10-6-8-14-17/h6,8,10H,5,7,9,11H2,1-4H3,(H,15,18). The summed E-state index contributed by atoms with van der Waals surface area (Å²) in [6, 6.07) is 1.89. The van der Waals surface area contributed by atoms with Gasteiger partial charge in [0.15, 0.2) is 0 Å². The summed E-state index contributed by atoms with van der Waals surface area (Å²) in [7, 11) is 4.01. The highest BCUT2D eigenvalue weighted by atomic mass is 16.1. The molecule has 0 aliphatic rings. The third kappa shape index (κ3) is 5.82. The first-order chi connectivity index (χ1) is 8.39. The lowest BCUT2D eigenvalue weighted by Crippen LogP contribution is -2.49. The molecule has 1 aromatic heterocycles. The molecule has 5 nitrogen and oxygen atoms in total. The predicted octanol–water partition coefficient (Wildman–Crippen LogP) is 1.12. The third-order valence-corrected chi connectivity index (χ3v) is 2.54. The van der Waals surface area contributed by atoms with E-state index in [1.165, 1.54) is 0 Å². The van der Waals surface area contributed by atoms with Crippen LogP contribution in [0.5, 0.6) is 0 Å². The lowest BCUT2D eigenvalue weighted by molar-refractivity contribution is -0.123. The van der Waals surface area contributed by atoms with Crippen LogP contribution in [0, 0.1) is 0 Å². The molecule has 0 aliphatic carbocycles. The maximum absolute atomic E-state index is 11.8. The zero-order chi connectivity index (χ0) is 13.6. The van der Waals surface area contributed by atoms with Gasteiger partial charge in [0, 0.05) is 37.4 Å². The quantitative estimate of drug-likeness (QED) is 0.791. The number of amides is 1. The zero-order valence-electron chi connectivity index (χ0n) is 11.8. The Balaban J connectivity index is 2.24. The number of carbonyl (C=O) groups excluding carboxylic acids is 1. The van der Waals surface area contributed by atoms with Crippen molar-refractivity contribution in [3.05, 3.63) is 18.5 Å². The van der Waals surface area contributed by atoms with Crippen molar-refractivity contribution >= 4 is 5.91 Å². The van der Waals surface area contributed by atoms with E-state index in [0.29, 0.717) is 6.42 Å². The Bertz CT molecular complexity index is 357. The summed E-state index contributed by atoms with van der Waals surface area (Å²) in [4.78, 5) is 13.9. The number of rotatable bonds is 7. The number of aryl methyl sites for hydroxylation is 1. The van der Waals surface area contributed by atoms with Crippen molar-refractivity contribution in [3.63, 3.8) is 0 Å². The maximum Gasteiger partial charge on any atom is 0.220 e. The molecule has 0 unspecified atom stereocenters. The highest BCUT2D eigenvalue weighted by molar-refractivity contribution is 5.76. The summed E-state index contributed by atoms with van der Waals surface area (Å²) in [5.74, 6) is 0.106. The van der Waals surface area contributed by atoms with Crippen molar-refractivity contribution in [3.8, 4) is 0 Å².